The van der Waals surface area contributed by atoms with Crippen molar-refractivity contribution >= 4 is 0 Å². The molecule has 0 aliphatic heterocycles. The van der Waals surface area contributed by atoms with Crippen LogP contribution in [-0.4, -0.2) is 13.7 Å². The summed E-state index contributed by atoms with van der Waals surface area (Å²) in [5.74, 6) is 3.53. The summed E-state index contributed by atoms with van der Waals surface area (Å²) in [5.41, 5.74) is 0. The zero-order valence-corrected chi connectivity index (χ0v) is 10.3. The maximum atomic E-state index is 5.80. The van der Waals surface area contributed by atoms with Gasteiger partial charge in [-0.05, 0) is 36.9 Å². The predicted molar refractivity (Wildman–Crippen MR) is 63.1 cm³/mol. The maximum Gasteiger partial charge on any atom is 0.129 e. The Labute approximate surface area is 97.2 Å². The van der Waals surface area contributed by atoms with Crippen molar-refractivity contribution < 1.29 is 9.15 Å². The number of furan rings is 1. The van der Waals surface area contributed by atoms with Gasteiger partial charge in [0.05, 0.1) is 6.04 Å². The second kappa shape index (κ2) is 5.02. The summed E-state index contributed by atoms with van der Waals surface area (Å²) in [5, 5.41) is 3.51. The molecule has 0 aromatic carbocycles. The van der Waals surface area contributed by atoms with Crippen LogP contribution in [0.5, 0.6) is 0 Å². The zero-order chi connectivity index (χ0) is 11.5. The average molecular weight is 223 g/mol. The van der Waals surface area contributed by atoms with Gasteiger partial charge in [-0.1, -0.05) is 13.8 Å². The van der Waals surface area contributed by atoms with E-state index in [4.69, 9.17) is 9.15 Å². The van der Waals surface area contributed by atoms with Crippen LogP contribution in [0.25, 0.3) is 0 Å². The minimum Gasteiger partial charge on any atom is -0.462 e. The summed E-state index contributed by atoms with van der Waals surface area (Å²) in [7, 11) is 1.69. The fourth-order valence-corrected chi connectivity index (χ4v) is 2.28. The van der Waals surface area contributed by atoms with Crippen LogP contribution in [0.4, 0.5) is 0 Å². The molecule has 16 heavy (non-hydrogen) atoms. The molecule has 3 unspecified atom stereocenters. The van der Waals surface area contributed by atoms with E-state index in [0.29, 0.717) is 12.6 Å². The van der Waals surface area contributed by atoms with Gasteiger partial charge in [0.2, 0.25) is 0 Å². The normalized spacial score (nSPS) is 25.7. The van der Waals surface area contributed by atoms with Gasteiger partial charge in [0.25, 0.3) is 0 Å². The molecule has 1 aromatic rings. The van der Waals surface area contributed by atoms with Gasteiger partial charge < -0.3 is 14.5 Å². The highest BCUT2D eigenvalue weighted by molar-refractivity contribution is 5.14. The Kier molecular flexibility index (Phi) is 3.66. The third kappa shape index (κ3) is 2.47. The lowest BCUT2D eigenvalue weighted by atomic mass is 10.1. The molecule has 3 heteroatoms. The van der Waals surface area contributed by atoms with Gasteiger partial charge in [0.15, 0.2) is 0 Å². The van der Waals surface area contributed by atoms with Crippen molar-refractivity contribution in [1.29, 1.82) is 0 Å². The Balaban J connectivity index is 2.05. The number of nitrogens with one attached hydrogen (secondary N) is 1. The van der Waals surface area contributed by atoms with Crippen LogP contribution in [0.2, 0.25) is 0 Å². The Hall–Kier alpha value is -0.800. The Bertz CT molecular complexity index is 334. The monoisotopic (exact) mass is 223 g/mol. The smallest absolute Gasteiger partial charge is 0.129 e. The molecule has 1 N–H and O–H groups in total. The molecule has 1 heterocycles. The minimum atomic E-state index is 0.380. The number of ether oxygens (including phenoxy) is 1. The molecule has 0 saturated heterocycles. The van der Waals surface area contributed by atoms with E-state index < -0.39 is 0 Å². The SMILES string of the molecule is CCNC(c1ccc(COC)o1)C1CC1C. The van der Waals surface area contributed by atoms with E-state index in [9.17, 15) is 0 Å². The second-order valence-corrected chi connectivity index (χ2v) is 4.65. The fourth-order valence-electron chi connectivity index (χ4n) is 2.28. The quantitative estimate of drug-likeness (QED) is 0.805. The summed E-state index contributed by atoms with van der Waals surface area (Å²) >= 11 is 0. The first-order valence-electron chi connectivity index (χ1n) is 6.07. The van der Waals surface area contributed by atoms with E-state index in [1.807, 2.05) is 6.07 Å². The van der Waals surface area contributed by atoms with Crippen molar-refractivity contribution in [2.45, 2.75) is 32.9 Å². The molecule has 2 rings (SSSR count). The molecular formula is C13H21NO2. The van der Waals surface area contributed by atoms with Crippen LogP contribution in [-0.2, 0) is 11.3 Å². The van der Waals surface area contributed by atoms with E-state index >= 15 is 0 Å². The van der Waals surface area contributed by atoms with Gasteiger partial charge in [-0.25, -0.2) is 0 Å². The molecule has 0 amide bonds. The van der Waals surface area contributed by atoms with Crippen LogP contribution in [0, 0.1) is 11.8 Å². The van der Waals surface area contributed by atoms with Crippen molar-refractivity contribution in [3.05, 3.63) is 23.7 Å². The third-order valence-electron chi connectivity index (χ3n) is 3.30. The van der Waals surface area contributed by atoms with E-state index in [1.165, 1.54) is 6.42 Å². The molecular weight excluding hydrogens is 202 g/mol. The van der Waals surface area contributed by atoms with E-state index in [0.717, 1.165) is 29.9 Å². The molecule has 1 aliphatic rings. The summed E-state index contributed by atoms with van der Waals surface area (Å²) in [6, 6.07) is 4.47. The topological polar surface area (TPSA) is 34.4 Å². The summed E-state index contributed by atoms with van der Waals surface area (Å²) in [6.45, 7) is 5.97. The summed E-state index contributed by atoms with van der Waals surface area (Å²) < 4.78 is 10.9. The zero-order valence-electron chi connectivity index (χ0n) is 10.3. The maximum absolute atomic E-state index is 5.80. The molecule has 0 spiro atoms. The molecule has 1 aliphatic carbocycles. The number of hydrogen-bond donors (Lipinski definition) is 1. The number of rotatable bonds is 6. The Morgan fingerprint density at radius 1 is 1.56 bits per heavy atom. The van der Waals surface area contributed by atoms with Gasteiger partial charge in [0, 0.05) is 7.11 Å². The first-order chi connectivity index (χ1) is 7.76. The number of hydrogen-bond acceptors (Lipinski definition) is 3. The predicted octanol–water partition coefficient (Wildman–Crippen LogP) is 2.73. The highest BCUT2D eigenvalue weighted by atomic mass is 16.5. The van der Waals surface area contributed by atoms with Crippen molar-refractivity contribution in [1.82, 2.24) is 5.32 Å². The van der Waals surface area contributed by atoms with Crippen molar-refractivity contribution in [3.63, 3.8) is 0 Å². The van der Waals surface area contributed by atoms with Gasteiger partial charge in [-0.15, -0.1) is 0 Å². The molecule has 1 fully saturated rings. The lowest BCUT2D eigenvalue weighted by molar-refractivity contribution is 0.161. The molecule has 0 radical (unpaired) electrons. The third-order valence-corrected chi connectivity index (χ3v) is 3.30. The first kappa shape index (κ1) is 11.7. The second-order valence-electron chi connectivity index (χ2n) is 4.65. The Morgan fingerprint density at radius 2 is 2.31 bits per heavy atom. The van der Waals surface area contributed by atoms with Crippen molar-refractivity contribution in [2.75, 3.05) is 13.7 Å². The van der Waals surface area contributed by atoms with Gasteiger partial charge in [-0.2, -0.15) is 0 Å². The van der Waals surface area contributed by atoms with Crippen LogP contribution < -0.4 is 5.32 Å². The van der Waals surface area contributed by atoms with Crippen LogP contribution in [0.15, 0.2) is 16.5 Å². The van der Waals surface area contributed by atoms with Gasteiger partial charge >= 0.3 is 0 Å². The highest BCUT2D eigenvalue weighted by Gasteiger charge is 2.41. The minimum absolute atomic E-state index is 0.380. The lowest BCUT2D eigenvalue weighted by Gasteiger charge is -2.15. The van der Waals surface area contributed by atoms with Crippen LogP contribution in [0.1, 0.15) is 37.8 Å². The molecule has 1 saturated carbocycles. The fraction of sp³-hybridized carbons (Fsp3) is 0.692. The van der Waals surface area contributed by atoms with Crippen LogP contribution >= 0.6 is 0 Å². The molecule has 3 nitrogen and oxygen atoms in total. The molecule has 3 atom stereocenters. The highest BCUT2D eigenvalue weighted by Crippen LogP contribution is 2.47. The average Bonchev–Trinajstić information content (AvgIpc) is 2.78. The summed E-state index contributed by atoms with van der Waals surface area (Å²) in [6.07, 6.45) is 1.30. The Morgan fingerprint density at radius 3 is 2.88 bits per heavy atom. The van der Waals surface area contributed by atoms with E-state index in [1.54, 1.807) is 7.11 Å². The van der Waals surface area contributed by atoms with Gasteiger partial charge in [-0.3, -0.25) is 0 Å². The van der Waals surface area contributed by atoms with E-state index in [2.05, 4.69) is 25.2 Å². The number of methoxy groups -OCH3 is 1. The van der Waals surface area contributed by atoms with Crippen LogP contribution in [0.3, 0.4) is 0 Å². The summed E-state index contributed by atoms with van der Waals surface area (Å²) in [4.78, 5) is 0. The molecule has 0 bridgehead atoms. The van der Waals surface area contributed by atoms with Crippen molar-refractivity contribution in [3.8, 4) is 0 Å². The molecule has 90 valence electrons. The van der Waals surface area contributed by atoms with E-state index in [-0.39, 0.29) is 0 Å². The van der Waals surface area contributed by atoms with Crippen molar-refractivity contribution in [2.24, 2.45) is 11.8 Å². The lowest BCUT2D eigenvalue weighted by Crippen LogP contribution is -2.22. The standard InChI is InChI=1S/C13H21NO2/c1-4-14-13(11-7-9(11)2)12-6-5-10(16-12)8-15-3/h5-6,9,11,13-14H,4,7-8H2,1-3H3. The van der Waals surface area contributed by atoms with Gasteiger partial charge in [0.1, 0.15) is 18.1 Å². The first-order valence-corrected chi connectivity index (χ1v) is 6.07. The largest absolute Gasteiger partial charge is 0.462 e. The molecule has 1 aromatic heterocycles.